The molecule has 0 bridgehead atoms. The van der Waals surface area contributed by atoms with E-state index in [1.54, 1.807) is 6.20 Å². The zero-order chi connectivity index (χ0) is 20.9. The maximum Gasteiger partial charge on any atom is 0.378 e. The minimum absolute atomic E-state index is 0.302. The first-order valence-corrected chi connectivity index (χ1v) is 9.98. The lowest BCUT2D eigenvalue weighted by atomic mass is 10.0. The molecular weight excluding hydrogens is 372 g/mol. The molecule has 4 aromatic rings. The maximum absolute atomic E-state index is 13.0. The third-order valence-electron chi connectivity index (χ3n) is 4.86. The van der Waals surface area contributed by atoms with Crippen molar-refractivity contribution in [2.75, 3.05) is 6.61 Å². The first-order chi connectivity index (χ1) is 14.7. The third-order valence-corrected chi connectivity index (χ3v) is 4.86. The van der Waals surface area contributed by atoms with Gasteiger partial charge < -0.3 is 4.74 Å². The van der Waals surface area contributed by atoms with Crippen molar-refractivity contribution >= 4 is 5.97 Å². The minimum atomic E-state index is -0.379. The van der Waals surface area contributed by atoms with Crippen LogP contribution in [0.3, 0.4) is 0 Å². The van der Waals surface area contributed by atoms with E-state index >= 15 is 0 Å². The van der Waals surface area contributed by atoms with Crippen LogP contribution in [0.2, 0.25) is 0 Å². The van der Waals surface area contributed by atoms with Crippen LogP contribution in [0, 0.1) is 6.92 Å². The van der Waals surface area contributed by atoms with E-state index in [0.29, 0.717) is 18.1 Å². The molecule has 4 heteroatoms. The molecule has 4 rings (SSSR count). The molecule has 0 atom stereocenters. The van der Waals surface area contributed by atoms with E-state index in [0.717, 1.165) is 27.9 Å². The first kappa shape index (κ1) is 19.5. The molecule has 0 fully saturated rings. The smallest absolute Gasteiger partial charge is 0.378 e. The van der Waals surface area contributed by atoms with Crippen LogP contribution in [-0.2, 0) is 4.74 Å². The minimum Gasteiger partial charge on any atom is -0.460 e. The fourth-order valence-corrected chi connectivity index (χ4v) is 3.46. The summed E-state index contributed by atoms with van der Waals surface area (Å²) in [6.45, 7) is 4.12. The van der Waals surface area contributed by atoms with Gasteiger partial charge in [-0.25, -0.2) is 4.79 Å². The van der Waals surface area contributed by atoms with E-state index in [1.165, 1.54) is 0 Å². The number of hydrogen-bond acceptors (Lipinski definition) is 3. The van der Waals surface area contributed by atoms with Crippen LogP contribution in [0.25, 0.3) is 28.2 Å². The van der Waals surface area contributed by atoms with Crippen molar-refractivity contribution in [1.82, 2.24) is 4.98 Å². The van der Waals surface area contributed by atoms with Crippen LogP contribution < -0.4 is 4.57 Å². The van der Waals surface area contributed by atoms with Crippen molar-refractivity contribution in [1.29, 1.82) is 0 Å². The van der Waals surface area contributed by atoms with Crippen LogP contribution in [0.1, 0.15) is 23.0 Å². The molecule has 2 aromatic carbocycles. The van der Waals surface area contributed by atoms with Gasteiger partial charge in [0.25, 0.3) is 0 Å². The summed E-state index contributed by atoms with van der Waals surface area (Å²) in [6, 6.07) is 27.9. The second-order valence-electron chi connectivity index (χ2n) is 6.99. The van der Waals surface area contributed by atoms with Gasteiger partial charge >= 0.3 is 11.8 Å². The highest BCUT2D eigenvalue weighted by atomic mass is 16.5. The average molecular weight is 395 g/mol. The molecule has 0 aliphatic heterocycles. The Labute approximate surface area is 176 Å². The fourth-order valence-electron chi connectivity index (χ4n) is 3.46. The first-order valence-electron chi connectivity index (χ1n) is 9.98. The number of carbonyl (C=O) groups excluding carboxylic acids is 1. The van der Waals surface area contributed by atoms with Crippen LogP contribution in [-0.4, -0.2) is 17.6 Å². The van der Waals surface area contributed by atoms with E-state index in [2.05, 4.69) is 11.1 Å². The number of ether oxygens (including phenoxy) is 1. The second-order valence-corrected chi connectivity index (χ2v) is 6.99. The van der Waals surface area contributed by atoms with E-state index in [4.69, 9.17) is 4.74 Å². The van der Waals surface area contributed by atoms with Gasteiger partial charge in [-0.2, -0.15) is 4.57 Å². The zero-order valence-electron chi connectivity index (χ0n) is 17.1. The number of hydrogen-bond donors (Lipinski definition) is 0. The molecule has 30 heavy (non-hydrogen) atoms. The molecule has 0 saturated heterocycles. The molecule has 4 nitrogen and oxygen atoms in total. The zero-order valence-corrected chi connectivity index (χ0v) is 17.1. The quantitative estimate of drug-likeness (QED) is 0.346. The van der Waals surface area contributed by atoms with Crippen LogP contribution >= 0.6 is 0 Å². The summed E-state index contributed by atoms with van der Waals surface area (Å²) >= 11 is 0. The summed E-state index contributed by atoms with van der Waals surface area (Å²) in [5.74, 6) is 0.298. The van der Waals surface area contributed by atoms with Crippen molar-refractivity contribution < 1.29 is 14.1 Å². The summed E-state index contributed by atoms with van der Waals surface area (Å²) in [7, 11) is 0. The molecular formula is C26H23N2O2+. The molecule has 0 saturated carbocycles. The summed E-state index contributed by atoms with van der Waals surface area (Å²) in [5, 5.41) is 0. The van der Waals surface area contributed by atoms with E-state index < -0.39 is 0 Å². The van der Waals surface area contributed by atoms with Crippen molar-refractivity contribution in [3.8, 4) is 28.2 Å². The van der Waals surface area contributed by atoms with Gasteiger partial charge in [0, 0.05) is 17.7 Å². The van der Waals surface area contributed by atoms with Gasteiger partial charge in [0.2, 0.25) is 5.69 Å². The fraction of sp³-hybridized carbons (Fsp3) is 0.115. The predicted octanol–water partition coefficient (Wildman–Crippen LogP) is 5.18. The Morgan fingerprint density at radius 2 is 1.53 bits per heavy atom. The van der Waals surface area contributed by atoms with Crippen molar-refractivity contribution in [3.05, 3.63) is 102 Å². The Kier molecular flexibility index (Phi) is 5.66. The van der Waals surface area contributed by atoms with Crippen molar-refractivity contribution in [2.45, 2.75) is 13.8 Å². The Hall–Kier alpha value is -3.79. The number of pyridine rings is 2. The molecule has 0 N–H and O–H groups in total. The topological polar surface area (TPSA) is 43.1 Å². The largest absolute Gasteiger partial charge is 0.460 e. The highest BCUT2D eigenvalue weighted by molar-refractivity contribution is 5.88. The lowest BCUT2D eigenvalue weighted by Gasteiger charge is -2.14. The summed E-state index contributed by atoms with van der Waals surface area (Å²) in [4.78, 5) is 17.6. The van der Waals surface area contributed by atoms with Gasteiger partial charge in [-0.1, -0.05) is 60.7 Å². The molecule has 0 unspecified atom stereocenters. The number of nitrogens with zero attached hydrogens (tertiary/aromatic N) is 2. The summed E-state index contributed by atoms with van der Waals surface area (Å²) < 4.78 is 7.30. The average Bonchev–Trinajstić information content (AvgIpc) is 2.79. The molecule has 2 aromatic heterocycles. The maximum atomic E-state index is 13.0. The molecule has 2 heterocycles. The van der Waals surface area contributed by atoms with Gasteiger partial charge in [-0.05, 0) is 47.7 Å². The summed E-state index contributed by atoms with van der Waals surface area (Å²) in [5.41, 5.74) is 5.34. The van der Waals surface area contributed by atoms with Gasteiger partial charge in [0.15, 0.2) is 0 Å². The second kappa shape index (κ2) is 8.70. The summed E-state index contributed by atoms with van der Waals surface area (Å²) in [6.07, 6.45) is 1.76. The lowest BCUT2D eigenvalue weighted by molar-refractivity contribution is -0.591. The van der Waals surface area contributed by atoms with Crippen molar-refractivity contribution in [3.63, 3.8) is 0 Å². The van der Waals surface area contributed by atoms with Gasteiger partial charge in [-0.3, -0.25) is 0 Å². The molecule has 0 amide bonds. The number of rotatable bonds is 5. The Bertz CT molecular complexity index is 1170. The molecule has 0 aliphatic carbocycles. The SMILES string of the molecule is CCOC(=O)c1cc(-c2ccccc2)cc(-c2ccccc2)[n+]1-c1cc(C)ccn1. The highest BCUT2D eigenvalue weighted by Crippen LogP contribution is 2.26. The van der Waals surface area contributed by atoms with E-state index in [9.17, 15) is 4.79 Å². The number of aryl methyl sites for hydroxylation is 1. The highest BCUT2D eigenvalue weighted by Gasteiger charge is 2.26. The van der Waals surface area contributed by atoms with Crippen LogP contribution in [0.15, 0.2) is 91.1 Å². The van der Waals surface area contributed by atoms with Gasteiger partial charge in [0.1, 0.15) is 11.9 Å². The lowest BCUT2D eigenvalue weighted by Crippen LogP contribution is -2.42. The van der Waals surface area contributed by atoms with Crippen LogP contribution in [0.4, 0.5) is 0 Å². The molecule has 0 spiro atoms. The number of carbonyl (C=O) groups is 1. The van der Waals surface area contributed by atoms with E-state index in [1.807, 2.05) is 97.3 Å². The standard InChI is InChI=1S/C26H23N2O2/c1-3-30-26(29)24-18-22(20-10-6-4-7-11-20)17-23(21-12-8-5-9-13-21)28(24)25-16-19(2)14-15-27-25/h4-18H,3H2,1-2H3/q+1. The van der Waals surface area contributed by atoms with Gasteiger partial charge in [0.05, 0.1) is 6.61 Å². The molecule has 0 radical (unpaired) electrons. The van der Waals surface area contributed by atoms with Gasteiger partial charge in [-0.15, -0.1) is 0 Å². The molecule has 0 aliphatic rings. The third kappa shape index (κ3) is 3.98. The molecule has 148 valence electrons. The monoisotopic (exact) mass is 395 g/mol. The number of esters is 1. The number of aromatic nitrogens is 2. The van der Waals surface area contributed by atoms with E-state index in [-0.39, 0.29) is 5.97 Å². The Balaban J connectivity index is 2.06. The normalized spacial score (nSPS) is 10.6. The van der Waals surface area contributed by atoms with Crippen molar-refractivity contribution in [2.24, 2.45) is 0 Å². The number of benzene rings is 2. The Morgan fingerprint density at radius 3 is 2.17 bits per heavy atom. The Morgan fingerprint density at radius 1 is 0.867 bits per heavy atom. The van der Waals surface area contributed by atoms with Crippen LogP contribution in [0.5, 0.6) is 0 Å². The predicted molar refractivity (Wildman–Crippen MR) is 117 cm³/mol.